The highest BCUT2D eigenvalue weighted by atomic mass is 32.2. The third-order valence-electron chi connectivity index (χ3n) is 4.95. The lowest BCUT2D eigenvalue weighted by molar-refractivity contribution is -0.167. The average molecular weight is 580 g/mol. The maximum absolute atomic E-state index is 13.0. The molecule has 1 aromatic heterocycles. The lowest BCUT2D eigenvalue weighted by Gasteiger charge is -2.41. The van der Waals surface area contributed by atoms with Crippen LogP contribution in [0.25, 0.3) is 0 Å². The third kappa shape index (κ3) is 7.46. The largest absolute Gasteiger partial charge is 0.467 e. The summed E-state index contributed by atoms with van der Waals surface area (Å²) < 4.78 is 41.8. The monoisotopic (exact) mass is 579 g/mol. The van der Waals surface area contributed by atoms with Crippen LogP contribution in [0.5, 0.6) is 0 Å². The number of carbonyl (C=O) groups excluding carboxylic acids is 4. The van der Waals surface area contributed by atoms with Crippen molar-refractivity contribution in [3.05, 3.63) is 11.1 Å². The number of thiazole rings is 1. The van der Waals surface area contributed by atoms with Gasteiger partial charge in [0.25, 0.3) is 11.8 Å². The second-order valence-corrected chi connectivity index (χ2v) is 17.4. The molecular weight excluding hydrogens is 550 g/mol. The van der Waals surface area contributed by atoms with E-state index in [0.29, 0.717) is 0 Å². The number of oxime groups is 1. The van der Waals surface area contributed by atoms with Crippen LogP contribution >= 0.6 is 11.3 Å². The fourth-order valence-electron chi connectivity index (χ4n) is 2.84. The van der Waals surface area contributed by atoms with Gasteiger partial charge in [0.15, 0.2) is 16.9 Å². The van der Waals surface area contributed by atoms with Gasteiger partial charge < -0.3 is 25.4 Å². The van der Waals surface area contributed by atoms with Gasteiger partial charge in [-0.15, -0.1) is 11.3 Å². The molecule has 1 fully saturated rings. The number of β-lactam (4-membered cyclic amide) rings is 1. The van der Waals surface area contributed by atoms with Crippen molar-refractivity contribution in [1.29, 1.82) is 0 Å². The van der Waals surface area contributed by atoms with Crippen LogP contribution in [0.1, 0.15) is 19.5 Å². The van der Waals surface area contributed by atoms with E-state index in [0.717, 1.165) is 24.5 Å². The summed E-state index contributed by atoms with van der Waals surface area (Å²) in [5.74, 6) is -4.36. The predicted octanol–water partition coefficient (Wildman–Crippen LogP) is -0.223. The molecule has 18 heteroatoms. The number of hydrogen-bond donors (Lipinski definition) is 3. The molecule has 2 heterocycles. The van der Waals surface area contributed by atoms with Gasteiger partial charge in [0.1, 0.15) is 11.7 Å². The van der Waals surface area contributed by atoms with E-state index < -0.39 is 65.5 Å². The second-order valence-electron chi connectivity index (χ2n) is 9.59. The Kier molecular flexibility index (Phi) is 9.05. The minimum atomic E-state index is -5.11. The van der Waals surface area contributed by atoms with Gasteiger partial charge in [-0.3, -0.25) is 14.1 Å². The number of nitrogens with zero attached hydrogens (tertiary/aromatic N) is 3. The molecule has 2 rings (SSSR count). The van der Waals surface area contributed by atoms with Crippen LogP contribution in [-0.2, 0) is 43.8 Å². The van der Waals surface area contributed by atoms with Gasteiger partial charge in [-0.05, 0) is 19.9 Å². The van der Waals surface area contributed by atoms with Crippen molar-refractivity contribution in [2.75, 3.05) is 19.5 Å². The summed E-state index contributed by atoms with van der Waals surface area (Å²) in [5, 5.41) is 7.31. The van der Waals surface area contributed by atoms with Crippen LogP contribution in [0, 0.1) is 0 Å². The summed E-state index contributed by atoms with van der Waals surface area (Å²) in [6.07, 6.45) is 0. The molecule has 2 amide bonds. The number of amides is 2. The van der Waals surface area contributed by atoms with Crippen molar-refractivity contribution >= 4 is 64.3 Å². The summed E-state index contributed by atoms with van der Waals surface area (Å²) in [4.78, 5) is 59.2. The number of aromatic nitrogens is 1. The van der Waals surface area contributed by atoms with Crippen LogP contribution in [-0.4, -0.2) is 91.2 Å². The van der Waals surface area contributed by atoms with Gasteiger partial charge in [0.05, 0.1) is 13.7 Å². The van der Waals surface area contributed by atoms with Crippen molar-refractivity contribution in [3.8, 4) is 0 Å². The predicted molar refractivity (Wildman–Crippen MR) is 133 cm³/mol. The molecule has 2 atom stereocenters. The first kappa shape index (κ1) is 30.1. The quantitative estimate of drug-likeness (QED) is 0.0774. The molecule has 1 aromatic rings. The number of methoxy groups -OCH3 is 1. The Morgan fingerprint density at radius 1 is 1.32 bits per heavy atom. The molecule has 206 valence electrons. The number of rotatable bonds is 11. The molecule has 1 aliphatic heterocycles. The molecular formula is C19H29N5O10S2Si. The van der Waals surface area contributed by atoms with Crippen LogP contribution in [0.3, 0.4) is 0 Å². The van der Waals surface area contributed by atoms with E-state index in [1.165, 1.54) is 19.2 Å². The van der Waals surface area contributed by atoms with Gasteiger partial charge in [-0.25, -0.2) is 14.6 Å². The van der Waals surface area contributed by atoms with Crippen molar-refractivity contribution < 1.29 is 46.5 Å². The minimum absolute atomic E-state index is 0.0604. The number of nitrogens with one attached hydrogen (secondary N) is 1. The summed E-state index contributed by atoms with van der Waals surface area (Å²) in [5.41, 5.74) is 3.39. The summed E-state index contributed by atoms with van der Waals surface area (Å²) in [6, 6.07) is -2.86. The summed E-state index contributed by atoms with van der Waals surface area (Å²) >= 11 is 0.956. The lowest BCUT2D eigenvalue weighted by Crippen LogP contribution is -2.74. The number of ether oxygens (including phenoxy) is 2. The van der Waals surface area contributed by atoms with Crippen LogP contribution in [0.2, 0.25) is 25.7 Å². The van der Waals surface area contributed by atoms with Crippen LogP contribution < -0.4 is 11.1 Å². The number of nitrogen functional groups attached to an aromatic ring is 1. The smallest absolute Gasteiger partial charge is 0.363 e. The Balaban J connectivity index is 2.27. The second kappa shape index (κ2) is 11.1. The molecule has 0 aliphatic carbocycles. The minimum Gasteiger partial charge on any atom is -0.467 e. The zero-order valence-corrected chi connectivity index (χ0v) is 23.6. The van der Waals surface area contributed by atoms with Crippen molar-refractivity contribution in [1.82, 2.24) is 14.6 Å². The topological polar surface area (TPSA) is 217 Å². The zero-order chi connectivity index (χ0) is 28.3. The number of carbonyl (C=O) groups is 4. The van der Waals surface area contributed by atoms with Gasteiger partial charge in [-0.2, -0.15) is 12.7 Å². The standard InChI is InChI=1S/C19H29N5O10S2Si/c1-19(2,17(28)33-7-8-37(4,5)6)34-23-11(10-9-35-18(20)21-10)14(25)22-12-13(16(27)32-3)24(15(12)26)36(29,30)31/h9,12-13H,7-8H2,1-6H3,(H2,20,21)(H,22,25)(H,29,30,31)/b23-11-/t12-,13-/m1/s1. The summed E-state index contributed by atoms with van der Waals surface area (Å²) in [6.45, 7) is 9.26. The Morgan fingerprint density at radius 2 is 1.95 bits per heavy atom. The highest BCUT2D eigenvalue weighted by Crippen LogP contribution is 2.25. The van der Waals surface area contributed by atoms with E-state index in [2.05, 4.69) is 39.8 Å². The highest BCUT2D eigenvalue weighted by molar-refractivity contribution is 7.84. The molecule has 0 radical (unpaired) electrons. The van der Waals surface area contributed by atoms with E-state index in [-0.39, 0.29) is 21.7 Å². The lowest BCUT2D eigenvalue weighted by atomic mass is 9.98. The van der Waals surface area contributed by atoms with Crippen molar-refractivity contribution in [3.63, 3.8) is 0 Å². The molecule has 1 aliphatic rings. The van der Waals surface area contributed by atoms with Gasteiger partial charge >= 0.3 is 22.2 Å². The van der Waals surface area contributed by atoms with Crippen LogP contribution in [0.4, 0.5) is 5.13 Å². The van der Waals surface area contributed by atoms with Crippen molar-refractivity contribution in [2.24, 2.45) is 5.16 Å². The van der Waals surface area contributed by atoms with Gasteiger partial charge in [0, 0.05) is 13.5 Å². The SMILES string of the molecule is COC(=O)[C@H]1[C@@H](NC(=O)/C(=N\OC(C)(C)C(=O)OCC[Si](C)(C)C)c2csc(N)n2)C(=O)N1S(=O)(=O)O. The first-order chi connectivity index (χ1) is 16.9. The molecule has 4 N–H and O–H groups in total. The molecule has 1 saturated heterocycles. The normalized spacial score (nSPS) is 18.6. The van der Waals surface area contributed by atoms with E-state index in [9.17, 15) is 32.1 Å². The Morgan fingerprint density at radius 3 is 2.43 bits per heavy atom. The van der Waals surface area contributed by atoms with E-state index in [4.69, 9.17) is 15.3 Å². The number of anilines is 1. The van der Waals surface area contributed by atoms with E-state index in [1.54, 1.807) is 0 Å². The highest BCUT2D eigenvalue weighted by Gasteiger charge is 2.58. The fourth-order valence-corrected chi connectivity index (χ4v) is 4.94. The Labute approximate surface area is 218 Å². The molecule has 0 saturated carbocycles. The number of hydrogen-bond acceptors (Lipinski definition) is 13. The maximum Gasteiger partial charge on any atom is 0.363 e. The van der Waals surface area contributed by atoms with Gasteiger partial charge in [-0.1, -0.05) is 24.8 Å². The summed E-state index contributed by atoms with van der Waals surface area (Å²) in [7, 11) is -5.65. The molecule has 15 nitrogen and oxygen atoms in total. The fraction of sp³-hybridized carbons (Fsp3) is 0.579. The Bertz CT molecular complexity index is 1210. The van der Waals surface area contributed by atoms with E-state index >= 15 is 0 Å². The van der Waals surface area contributed by atoms with Crippen molar-refractivity contribution in [2.45, 2.75) is 57.2 Å². The van der Waals surface area contributed by atoms with E-state index in [1.807, 2.05) is 0 Å². The van der Waals surface area contributed by atoms with Crippen LogP contribution in [0.15, 0.2) is 10.5 Å². The number of esters is 2. The number of nitrogens with two attached hydrogens (primary N) is 1. The third-order valence-corrected chi connectivity index (χ3v) is 8.23. The molecule has 0 aromatic carbocycles. The maximum atomic E-state index is 13.0. The molecule has 0 bridgehead atoms. The van der Waals surface area contributed by atoms with Gasteiger partial charge in [0.2, 0.25) is 5.60 Å². The molecule has 0 unspecified atom stereocenters. The molecule has 0 spiro atoms. The zero-order valence-electron chi connectivity index (χ0n) is 21.0. The first-order valence-electron chi connectivity index (χ1n) is 10.7. The average Bonchev–Trinajstić information content (AvgIpc) is 3.18. The first-order valence-corrected chi connectivity index (χ1v) is 16.7. The molecule has 37 heavy (non-hydrogen) atoms. The Hall–Kier alpha value is -3.09.